The molecule has 158 valence electrons. The molecule has 2 saturated heterocycles. The van der Waals surface area contributed by atoms with Crippen LogP contribution in [0.25, 0.3) is 21.1 Å². The van der Waals surface area contributed by atoms with Gasteiger partial charge in [0.25, 0.3) is 0 Å². The summed E-state index contributed by atoms with van der Waals surface area (Å²) in [7, 11) is 0. The summed E-state index contributed by atoms with van der Waals surface area (Å²) < 4.78 is 1.23. The van der Waals surface area contributed by atoms with Gasteiger partial charge in [-0.05, 0) is 49.4 Å². The molecule has 6 heteroatoms. The number of rotatable bonds is 3. The van der Waals surface area contributed by atoms with Crippen LogP contribution in [0.1, 0.15) is 31.2 Å². The molecule has 6 rings (SSSR count). The Balaban J connectivity index is 1.18. The van der Waals surface area contributed by atoms with Crippen molar-refractivity contribution < 1.29 is 4.79 Å². The molecule has 4 aromatic rings. The van der Waals surface area contributed by atoms with Gasteiger partial charge in [0.15, 0.2) is 5.13 Å². The number of aromatic amines is 1. The number of hydrogen-bond donors (Lipinski definition) is 1. The minimum atomic E-state index is -0.197. The van der Waals surface area contributed by atoms with Crippen molar-refractivity contribution in [1.29, 1.82) is 0 Å². The zero-order valence-electron chi connectivity index (χ0n) is 17.5. The molecule has 31 heavy (non-hydrogen) atoms. The maximum absolute atomic E-state index is 13.6. The second-order valence-electron chi connectivity index (χ2n) is 8.92. The molecule has 2 aliphatic rings. The van der Waals surface area contributed by atoms with E-state index in [0.717, 1.165) is 61.5 Å². The third kappa shape index (κ3) is 3.21. The predicted octanol–water partition coefficient (Wildman–Crippen LogP) is 5.19. The fraction of sp³-hybridized carbons (Fsp3) is 0.360. The minimum Gasteiger partial charge on any atom is -0.361 e. The monoisotopic (exact) mass is 430 g/mol. The summed E-state index contributed by atoms with van der Waals surface area (Å²) in [6, 6.07) is 16.7. The van der Waals surface area contributed by atoms with Gasteiger partial charge in [-0.15, -0.1) is 0 Å². The van der Waals surface area contributed by atoms with Crippen molar-refractivity contribution in [3.8, 4) is 0 Å². The molecule has 1 spiro atoms. The molecule has 1 amide bonds. The van der Waals surface area contributed by atoms with Gasteiger partial charge in [0.05, 0.1) is 15.6 Å². The summed E-state index contributed by atoms with van der Waals surface area (Å²) in [5.74, 6) is 0.355. The standard InChI is InChI=1S/C25H26N4OS/c30-23-25(10-5-13-29(23)17-18-16-26-20-7-2-1-6-19(18)20)11-14-28(15-12-25)24-27-21-8-3-4-9-22(21)31-24/h1-4,6-9,16,26H,5,10-15,17H2. The minimum absolute atomic E-state index is 0.197. The summed E-state index contributed by atoms with van der Waals surface area (Å²) in [6.07, 6.45) is 6.02. The molecule has 2 aliphatic heterocycles. The fourth-order valence-corrected chi connectivity index (χ4v) is 6.37. The van der Waals surface area contributed by atoms with Crippen molar-refractivity contribution in [2.45, 2.75) is 32.2 Å². The predicted molar refractivity (Wildman–Crippen MR) is 126 cm³/mol. The fourth-order valence-electron chi connectivity index (χ4n) is 5.36. The van der Waals surface area contributed by atoms with Crippen LogP contribution in [-0.2, 0) is 11.3 Å². The van der Waals surface area contributed by atoms with Crippen molar-refractivity contribution >= 4 is 43.5 Å². The van der Waals surface area contributed by atoms with Gasteiger partial charge in [-0.3, -0.25) is 4.79 Å². The summed E-state index contributed by atoms with van der Waals surface area (Å²) in [4.78, 5) is 26.3. The smallest absolute Gasteiger partial charge is 0.229 e. The van der Waals surface area contributed by atoms with E-state index in [1.54, 1.807) is 11.3 Å². The number of piperidine rings is 2. The van der Waals surface area contributed by atoms with Crippen LogP contribution in [-0.4, -0.2) is 40.4 Å². The van der Waals surface area contributed by atoms with Crippen LogP contribution in [0.3, 0.4) is 0 Å². The molecule has 0 radical (unpaired) electrons. The lowest BCUT2D eigenvalue weighted by Crippen LogP contribution is -2.53. The number of anilines is 1. The average molecular weight is 431 g/mol. The number of fused-ring (bicyclic) bond motifs is 2. The summed E-state index contributed by atoms with van der Waals surface area (Å²) in [5, 5.41) is 2.32. The highest BCUT2D eigenvalue weighted by Gasteiger charge is 2.46. The summed E-state index contributed by atoms with van der Waals surface area (Å²) >= 11 is 1.76. The first kappa shape index (κ1) is 18.9. The van der Waals surface area contributed by atoms with E-state index in [1.807, 2.05) is 12.1 Å². The summed E-state index contributed by atoms with van der Waals surface area (Å²) in [5.41, 5.74) is 3.23. The third-order valence-corrected chi connectivity index (χ3v) is 8.23. The van der Waals surface area contributed by atoms with Crippen molar-refractivity contribution in [1.82, 2.24) is 14.9 Å². The topological polar surface area (TPSA) is 52.2 Å². The molecule has 1 N–H and O–H groups in total. The zero-order chi connectivity index (χ0) is 20.8. The van der Waals surface area contributed by atoms with Crippen LogP contribution < -0.4 is 4.90 Å². The number of likely N-dealkylation sites (tertiary alicyclic amines) is 1. The lowest BCUT2D eigenvalue weighted by molar-refractivity contribution is -0.148. The molecular formula is C25H26N4OS. The molecule has 0 unspecified atom stereocenters. The number of aromatic nitrogens is 2. The third-order valence-electron chi connectivity index (χ3n) is 7.13. The van der Waals surface area contributed by atoms with E-state index in [1.165, 1.54) is 15.6 Å². The number of para-hydroxylation sites is 2. The first-order valence-electron chi connectivity index (χ1n) is 11.2. The molecule has 0 saturated carbocycles. The molecule has 0 atom stereocenters. The number of nitrogens with zero attached hydrogens (tertiary/aromatic N) is 3. The highest BCUT2D eigenvalue weighted by Crippen LogP contribution is 2.43. The molecule has 2 aromatic carbocycles. The van der Waals surface area contributed by atoms with Crippen LogP contribution >= 0.6 is 11.3 Å². The zero-order valence-corrected chi connectivity index (χ0v) is 18.3. The Morgan fingerprint density at radius 3 is 2.68 bits per heavy atom. The number of H-pyrrole nitrogens is 1. The van der Waals surface area contributed by atoms with Gasteiger partial charge in [0.2, 0.25) is 5.91 Å². The van der Waals surface area contributed by atoms with Crippen molar-refractivity contribution in [3.05, 3.63) is 60.3 Å². The van der Waals surface area contributed by atoms with E-state index < -0.39 is 0 Å². The Morgan fingerprint density at radius 1 is 1.00 bits per heavy atom. The first-order chi connectivity index (χ1) is 15.2. The Morgan fingerprint density at radius 2 is 1.81 bits per heavy atom. The quantitative estimate of drug-likeness (QED) is 0.487. The number of amides is 1. The number of benzene rings is 2. The van der Waals surface area contributed by atoms with Gasteiger partial charge < -0.3 is 14.8 Å². The maximum Gasteiger partial charge on any atom is 0.229 e. The lowest BCUT2D eigenvalue weighted by atomic mass is 9.71. The van der Waals surface area contributed by atoms with E-state index in [9.17, 15) is 4.79 Å². The van der Waals surface area contributed by atoms with E-state index in [2.05, 4.69) is 57.4 Å². The lowest BCUT2D eigenvalue weighted by Gasteiger charge is -2.46. The average Bonchev–Trinajstić information content (AvgIpc) is 3.42. The van der Waals surface area contributed by atoms with Crippen molar-refractivity contribution in [2.24, 2.45) is 5.41 Å². The normalized spacial score (nSPS) is 19.0. The van der Waals surface area contributed by atoms with Crippen molar-refractivity contribution in [2.75, 3.05) is 24.5 Å². The molecule has 2 fully saturated rings. The van der Waals surface area contributed by atoms with E-state index >= 15 is 0 Å². The van der Waals surface area contributed by atoms with E-state index in [-0.39, 0.29) is 5.41 Å². The number of carbonyl (C=O) groups excluding carboxylic acids is 1. The Kier molecular flexibility index (Phi) is 4.49. The largest absolute Gasteiger partial charge is 0.361 e. The second-order valence-corrected chi connectivity index (χ2v) is 9.93. The van der Waals surface area contributed by atoms with E-state index in [4.69, 9.17) is 4.98 Å². The number of carbonyl (C=O) groups is 1. The summed E-state index contributed by atoms with van der Waals surface area (Å²) in [6.45, 7) is 3.38. The van der Waals surface area contributed by atoms with Gasteiger partial charge in [0.1, 0.15) is 0 Å². The Hall–Kier alpha value is -2.86. The molecule has 4 heterocycles. The van der Waals surface area contributed by atoms with Gasteiger partial charge in [-0.1, -0.05) is 41.7 Å². The van der Waals surface area contributed by atoms with Crippen molar-refractivity contribution in [3.63, 3.8) is 0 Å². The highest BCUT2D eigenvalue weighted by atomic mass is 32.1. The molecular weight excluding hydrogens is 404 g/mol. The van der Waals surface area contributed by atoms with Crippen LogP contribution in [0.15, 0.2) is 54.7 Å². The van der Waals surface area contributed by atoms with Crippen LogP contribution in [0, 0.1) is 5.41 Å². The Bertz CT molecular complexity index is 1220. The van der Waals surface area contributed by atoms with Gasteiger partial charge in [-0.25, -0.2) is 4.98 Å². The number of hydrogen-bond acceptors (Lipinski definition) is 4. The van der Waals surface area contributed by atoms with Crippen LogP contribution in [0.2, 0.25) is 0 Å². The molecule has 0 aliphatic carbocycles. The van der Waals surface area contributed by atoms with Crippen LogP contribution in [0.4, 0.5) is 5.13 Å². The van der Waals surface area contributed by atoms with Gasteiger partial charge in [0, 0.05) is 43.3 Å². The Labute approximate surface area is 185 Å². The number of nitrogens with one attached hydrogen (secondary N) is 1. The number of thiazole rings is 1. The first-order valence-corrected chi connectivity index (χ1v) is 12.0. The van der Waals surface area contributed by atoms with Gasteiger partial charge in [-0.2, -0.15) is 0 Å². The highest BCUT2D eigenvalue weighted by molar-refractivity contribution is 7.22. The maximum atomic E-state index is 13.6. The second kappa shape index (κ2) is 7.38. The van der Waals surface area contributed by atoms with Gasteiger partial charge >= 0.3 is 0 Å². The van der Waals surface area contributed by atoms with Crippen LogP contribution in [0.5, 0.6) is 0 Å². The molecule has 2 aromatic heterocycles. The molecule has 0 bridgehead atoms. The molecule has 5 nitrogen and oxygen atoms in total. The van der Waals surface area contributed by atoms with E-state index in [0.29, 0.717) is 12.5 Å². The SMILES string of the molecule is O=C1N(Cc2c[nH]c3ccccc23)CCCC12CCN(c1nc3ccccc3s1)CC2.